The molecule has 102 valence electrons. The van der Waals surface area contributed by atoms with Crippen LogP contribution in [0.2, 0.25) is 5.02 Å². The third-order valence-corrected chi connectivity index (χ3v) is 2.29. The molecule has 7 nitrogen and oxygen atoms in total. The van der Waals surface area contributed by atoms with Gasteiger partial charge in [-0.25, -0.2) is 4.79 Å². The predicted molar refractivity (Wildman–Crippen MR) is 67.4 cm³/mol. The third-order valence-electron chi connectivity index (χ3n) is 2.01. The second-order valence-corrected chi connectivity index (χ2v) is 3.75. The zero-order chi connectivity index (χ0) is 14.4. The molecule has 0 saturated carbocycles. The molecule has 0 aromatic heterocycles. The van der Waals surface area contributed by atoms with Crippen molar-refractivity contribution < 1.29 is 24.7 Å². The van der Waals surface area contributed by atoms with Crippen molar-refractivity contribution in [1.29, 1.82) is 0 Å². The van der Waals surface area contributed by atoms with Gasteiger partial charge in [-0.15, -0.1) is 0 Å². The van der Waals surface area contributed by atoms with Crippen molar-refractivity contribution in [2.75, 3.05) is 13.2 Å². The van der Waals surface area contributed by atoms with Gasteiger partial charge in [0.25, 0.3) is 5.69 Å². The van der Waals surface area contributed by atoms with Crippen LogP contribution in [0.25, 0.3) is 6.08 Å². The maximum absolute atomic E-state index is 10.7. The van der Waals surface area contributed by atoms with E-state index in [0.29, 0.717) is 0 Å². The number of carboxylic acids is 1. The van der Waals surface area contributed by atoms with Gasteiger partial charge in [0.2, 0.25) is 0 Å². The minimum Gasteiger partial charge on any atom is -0.489 e. The van der Waals surface area contributed by atoms with Crippen molar-refractivity contribution in [3.05, 3.63) is 38.9 Å². The van der Waals surface area contributed by atoms with Crippen molar-refractivity contribution in [2.24, 2.45) is 0 Å². The van der Waals surface area contributed by atoms with Crippen LogP contribution in [0.5, 0.6) is 5.75 Å². The van der Waals surface area contributed by atoms with Gasteiger partial charge in [-0.2, -0.15) is 0 Å². The number of carbonyl (C=O) groups is 1. The quantitative estimate of drug-likeness (QED) is 0.468. The van der Waals surface area contributed by atoms with Crippen molar-refractivity contribution in [3.8, 4) is 5.75 Å². The minimum atomic E-state index is -1.21. The summed E-state index contributed by atoms with van der Waals surface area (Å²) in [7, 11) is 0. The number of nitrogens with zero attached hydrogens (tertiary/aromatic N) is 1. The zero-order valence-corrected chi connectivity index (χ0v) is 10.3. The van der Waals surface area contributed by atoms with Gasteiger partial charge in [0.15, 0.2) is 0 Å². The van der Waals surface area contributed by atoms with E-state index < -0.39 is 10.9 Å². The molecule has 0 unspecified atom stereocenters. The first-order valence-electron chi connectivity index (χ1n) is 5.08. The summed E-state index contributed by atoms with van der Waals surface area (Å²) in [5.74, 6) is -1.13. The molecule has 0 heterocycles. The molecule has 1 aromatic rings. The molecule has 8 heteroatoms. The zero-order valence-electron chi connectivity index (χ0n) is 9.58. The summed E-state index contributed by atoms with van der Waals surface area (Å²) in [4.78, 5) is 20.5. The summed E-state index contributed by atoms with van der Waals surface area (Å²) in [6.07, 6.45) is 1.94. The fourth-order valence-corrected chi connectivity index (χ4v) is 1.57. The highest BCUT2D eigenvalue weighted by molar-refractivity contribution is 6.32. The lowest BCUT2D eigenvalue weighted by molar-refractivity contribution is -0.384. The molecule has 0 aliphatic carbocycles. The van der Waals surface area contributed by atoms with Gasteiger partial charge in [-0.1, -0.05) is 11.6 Å². The number of aliphatic carboxylic acids is 1. The molecule has 1 rings (SSSR count). The third kappa shape index (κ3) is 4.23. The monoisotopic (exact) mass is 287 g/mol. The molecule has 0 atom stereocenters. The number of benzene rings is 1. The number of non-ortho nitro benzene ring substituents is 1. The van der Waals surface area contributed by atoms with Gasteiger partial charge in [-0.05, 0) is 6.08 Å². The van der Waals surface area contributed by atoms with E-state index in [-0.39, 0.29) is 35.2 Å². The molecule has 2 N–H and O–H groups in total. The van der Waals surface area contributed by atoms with Gasteiger partial charge in [0.05, 0.1) is 16.6 Å². The Kier molecular flexibility index (Phi) is 5.28. The average Bonchev–Trinajstić information content (AvgIpc) is 2.34. The fraction of sp³-hybridized carbons (Fsp3) is 0.182. The molecule has 0 spiro atoms. The summed E-state index contributed by atoms with van der Waals surface area (Å²) in [6, 6.07) is 2.23. The fourth-order valence-electron chi connectivity index (χ4n) is 1.29. The predicted octanol–water partition coefficient (Wildman–Crippen LogP) is 1.72. The Hall–Kier alpha value is -2.12. The number of rotatable bonds is 6. The molecule has 0 radical (unpaired) electrons. The van der Waals surface area contributed by atoms with Crippen LogP contribution < -0.4 is 4.74 Å². The van der Waals surface area contributed by atoms with Gasteiger partial charge in [0, 0.05) is 23.8 Å². The smallest absolute Gasteiger partial charge is 0.328 e. The Labute approximate surface area is 112 Å². The first kappa shape index (κ1) is 14.9. The van der Waals surface area contributed by atoms with Crippen LogP contribution in [0.15, 0.2) is 18.2 Å². The maximum atomic E-state index is 10.7. The Morgan fingerprint density at radius 2 is 2.21 bits per heavy atom. The number of nitro benzene ring substituents is 1. The van der Waals surface area contributed by atoms with E-state index in [9.17, 15) is 14.9 Å². The van der Waals surface area contributed by atoms with Crippen LogP contribution in [0, 0.1) is 10.1 Å². The molecular weight excluding hydrogens is 278 g/mol. The lowest BCUT2D eigenvalue weighted by Crippen LogP contribution is -2.04. The van der Waals surface area contributed by atoms with Gasteiger partial charge in [0.1, 0.15) is 12.4 Å². The van der Waals surface area contributed by atoms with E-state index in [0.717, 1.165) is 24.3 Å². The molecule has 19 heavy (non-hydrogen) atoms. The maximum Gasteiger partial charge on any atom is 0.328 e. The Balaban J connectivity index is 3.26. The molecule has 0 fully saturated rings. The molecular formula is C11H10ClNO6. The van der Waals surface area contributed by atoms with Gasteiger partial charge < -0.3 is 14.9 Å². The SMILES string of the molecule is O=C(O)C=Cc1cc([N+](=O)[O-])cc(Cl)c1OCCO. The number of halogens is 1. The van der Waals surface area contributed by atoms with E-state index in [1.165, 1.54) is 0 Å². The van der Waals surface area contributed by atoms with Crippen molar-refractivity contribution >= 4 is 29.3 Å². The van der Waals surface area contributed by atoms with Crippen LogP contribution in [0.4, 0.5) is 5.69 Å². The average molecular weight is 288 g/mol. The summed E-state index contributed by atoms with van der Waals surface area (Å²) in [5.41, 5.74) is -0.138. The molecule has 0 aliphatic rings. The molecule has 0 bridgehead atoms. The number of aliphatic hydroxyl groups excluding tert-OH is 1. The number of ether oxygens (including phenoxy) is 1. The summed E-state index contributed by atoms with van der Waals surface area (Å²) >= 11 is 5.84. The normalized spacial score (nSPS) is 10.6. The minimum absolute atomic E-state index is 0.0345. The second kappa shape index (κ2) is 6.72. The van der Waals surface area contributed by atoms with E-state index >= 15 is 0 Å². The molecule has 0 amide bonds. The topological polar surface area (TPSA) is 110 Å². The highest BCUT2D eigenvalue weighted by Gasteiger charge is 2.15. The van der Waals surface area contributed by atoms with E-state index in [2.05, 4.69) is 0 Å². The van der Waals surface area contributed by atoms with E-state index in [1.807, 2.05) is 0 Å². The highest BCUT2D eigenvalue weighted by atomic mass is 35.5. The highest BCUT2D eigenvalue weighted by Crippen LogP contribution is 2.34. The number of hydrogen-bond donors (Lipinski definition) is 2. The second-order valence-electron chi connectivity index (χ2n) is 3.35. The molecule has 1 aromatic carbocycles. The number of hydrogen-bond acceptors (Lipinski definition) is 5. The first-order valence-corrected chi connectivity index (χ1v) is 5.46. The standard InChI is InChI=1S/C11H10ClNO6/c12-9-6-8(13(17)18)5-7(1-2-10(15)16)11(9)19-4-3-14/h1-2,5-6,14H,3-4H2,(H,15,16). The van der Waals surface area contributed by atoms with E-state index in [4.69, 9.17) is 26.6 Å². The number of carboxylic acid groups (broad SMARTS) is 1. The number of nitro groups is 1. The molecule has 0 saturated heterocycles. The van der Waals surface area contributed by atoms with Crippen LogP contribution in [0.3, 0.4) is 0 Å². The Morgan fingerprint density at radius 1 is 1.53 bits per heavy atom. The lowest BCUT2D eigenvalue weighted by Gasteiger charge is -2.09. The van der Waals surface area contributed by atoms with Crippen LogP contribution in [-0.2, 0) is 4.79 Å². The van der Waals surface area contributed by atoms with Crippen LogP contribution >= 0.6 is 11.6 Å². The largest absolute Gasteiger partial charge is 0.489 e. The van der Waals surface area contributed by atoms with Crippen molar-refractivity contribution in [3.63, 3.8) is 0 Å². The van der Waals surface area contributed by atoms with Crippen molar-refractivity contribution in [1.82, 2.24) is 0 Å². The Morgan fingerprint density at radius 3 is 2.74 bits per heavy atom. The van der Waals surface area contributed by atoms with Crippen molar-refractivity contribution in [2.45, 2.75) is 0 Å². The van der Waals surface area contributed by atoms with Gasteiger partial charge in [-0.3, -0.25) is 10.1 Å². The summed E-state index contributed by atoms with van der Waals surface area (Å²) in [5, 5.41) is 27.9. The summed E-state index contributed by atoms with van der Waals surface area (Å²) in [6.45, 7) is -0.332. The Bertz CT molecular complexity index is 528. The summed E-state index contributed by atoms with van der Waals surface area (Å²) < 4.78 is 5.14. The first-order chi connectivity index (χ1) is 8.95. The van der Waals surface area contributed by atoms with Gasteiger partial charge >= 0.3 is 5.97 Å². The molecule has 0 aliphatic heterocycles. The van der Waals surface area contributed by atoms with Crippen LogP contribution in [0.1, 0.15) is 5.56 Å². The lowest BCUT2D eigenvalue weighted by atomic mass is 10.1. The van der Waals surface area contributed by atoms with E-state index in [1.54, 1.807) is 0 Å². The number of aliphatic hydroxyl groups is 1. The van der Waals surface area contributed by atoms with Crippen LogP contribution in [-0.4, -0.2) is 34.3 Å².